The molecular weight excluding hydrogens is 216 g/mol. The first-order valence-electron chi connectivity index (χ1n) is 4.30. The minimum atomic E-state index is -0.426. The maximum atomic E-state index is 11.4. The number of halogens is 1. The van der Waals surface area contributed by atoms with Gasteiger partial charge in [0.1, 0.15) is 12.4 Å². The van der Waals surface area contributed by atoms with E-state index in [0.29, 0.717) is 16.3 Å². The molecule has 0 fully saturated rings. The summed E-state index contributed by atoms with van der Waals surface area (Å²) in [6.07, 6.45) is 1.51. The molecule has 0 aliphatic rings. The van der Waals surface area contributed by atoms with E-state index in [2.05, 4.69) is 6.58 Å². The van der Waals surface area contributed by atoms with Gasteiger partial charge >= 0.3 is 5.97 Å². The lowest BCUT2D eigenvalue weighted by Gasteiger charge is -2.05. The second-order valence-electron chi connectivity index (χ2n) is 2.74. The standard InChI is InChI=1S/C11H11ClO3/c1-3-6-15-11(13)8-4-5-9(12)10(7-8)14-2/h3-5,7H,1,6H2,2H3. The van der Waals surface area contributed by atoms with Crippen LogP contribution in [0.2, 0.25) is 5.02 Å². The van der Waals surface area contributed by atoms with E-state index < -0.39 is 5.97 Å². The van der Waals surface area contributed by atoms with Gasteiger partial charge in [-0.25, -0.2) is 4.79 Å². The van der Waals surface area contributed by atoms with Gasteiger partial charge in [-0.1, -0.05) is 24.3 Å². The molecule has 0 amide bonds. The zero-order chi connectivity index (χ0) is 11.3. The number of hydrogen-bond acceptors (Lipinski definition) is 3. The SMILES string of the molecule is C=CCOC(=O)c1ccc(Cl)c(OC)c1. The average molecular weight is 227 g/mol. The molecule has 0 unspecified atom stereocenters. The normalized spacial score (nSPS) is 9.47. The predicted molar refractivity (Wildman–Crippen MR) is 58.5 cm³/mol. The maximum absolute atomic E-state index is 11.4. The van der Waals surface area contributed by atoms with Crippen molar-refractivity contribution in [3.05, 3.63) is 41.4 Å². The van der Waals surface area contributed by atoms with Gasteiger partial charge < -0.3 is 9.47 Å². The smallest absolute Gasteiger partial charge is 0.338 e. The van der Waals surface area contributed by atoms with E-state index in [1.54, 1.807) is 12.1 Å². The van der Waals surface area contributed by atoms with Gasteiger partial charge in [0.15, 0.2) is 0 Å². The summed E-state index contributed by atoms with van der Waals surface area (Å²) < 4.78 is 9.84. The number of carbonyl (C=O) groups excluding carboxylic acids is 1. The monoisotopic (exact) mass is 226 g/mol. The molecule has 1 aromatic rings. The molecule has 0 N–H and O–H groups in total. The van der Waals surface area contributed by atoms with Crippen LogP contribution in [0, 0.1) is 0 Å². The fourth-order valence-corrected chi connectivity index (χ4v) is 1.20. The largest absolute Gasteiger partial charge is 0.495 e. The Hall–Kier alpha value is -1.48. The molecule has 0 aliphatic heterocycles. The number of rotatable bonds is 4. The maximum Gasteiger partial charge on any atom is 0.338 e. The third-order valence-electron chi connectivity index (χ3n) is 1.72. The molecule has 3 nitrogen and oxygen atoms in total. The van der Waals surface area contributed by atoms with Gasteiger partial charge in [0.25, 0.3) is 0 Å². The highest BCUT2D eigenvalue weighted by atomic mass is 35.5. The Kier molecular flexibility index (Phi) is 4.18. The van der Waals surface area contributed by atoms with Crippen molar-refractivity contribution in [2.75, 3.05) is 13.7 Å². The van der Waals surface area contributed by atoms with Crippen LogP contribution in [0.25, 0.3) is 0 Å². The molecule has 0 aromatic heterocycles. The lowest BCUT2D eigenvalue weighted by atomic mass is 10.2. The van der Waals surface area contributed by atoms with E-state index >= 15 is 0 Å². The molecule has 15 heavy (non-hydrogen) atoms. The molecular formula is C11H11ClO3. The van der Waals surface area contributed by atoms with Crippen LogP contribution in [-0.4, -0.2) is 19.7 Å². The fourth-order valence-electron chi connectivity index (χ4n) is 1.00. The van der Waals surface area contributed by atoms with Crippen molar-refractivity contribution in [2.45, 2.75) is 0 Å². The molecule has 4 heteroatoms. The molecule has 0 aliphatic carbocycles. The summed E-state index contributed by atoms with van der Waals surface area (Å²) in [6.45, 7) is 3.64. The summed E-state index contributed by atoms with van der Waals surface area (Å²) in [5.41, 5.74) is 0.401. The Balaban J connectivity index is 2.85. The highest BCUT2D eigenvalue weighted by Crippen LogP contribution is 2.25. The molecule has 0 radical (unpaired) electrons. The van der Waals surface area contributed by atoms with Crippen molar-refractivity contribution in [2.24, 2.45) is 0 Å². The summed E-state index contributed by atoms with van der Waals surface area (Å²) in [5.74, 6) is 0.0228. The number of benzene rings is 1. The lowest BCUT2D eigenvalue weighted by Crippen LogP contribution is -2.05. The third-order valence-corrected chi connectivity index (χ3v) is 2.03. The van der Waals surface area contributed by atoms with Crippen LogP contribution < -0.4 is 4.74 Å². The van der Waals surface area contributed by atoms with Gasteiger partial charge in [0.2, 0.25) is 0 Å². The average Bonchev–Trinajstić information content (AvgIpc) is 2.26. The van der Waals surface area contributed by atoms with E-state index in [1.165, 1.54) is 19.3 Å². The van der Waals surface area contributed by atoms with Crippen LogP contribution in [-0.2, 0) is 4.74 Å². The summed E-state index contributed by atoms with van der Waals surface area (Å²) >= 11 is 5.81. The summed E-state index contributed by atoms with van der Waals surface area (Å²) in [4.78, 5) is 11.4. The quantitative estimate of drug-likeness (QED) is 0.585. The van der Waals surface area contributed by atoms with Crippen LogP contribution in [0.4, 0.5) is 0 Å². The van der Waals surface area contributed by atoms with Crippen LogP contribution in [0.1, 0.15) is 10.4 Å². The van der Waals surface area contributed by atoms with Gasteiger partial charge in [-0.3, -0.25) is 0 Å². The predicted octanol–water partition coefficient (Wildman–Crippen LogP) is 2.69. The highest BCUT2D eigenvalue weighted by Gasteiger charge is 2.09. The van der Waals surface area contributed by atoms with E-state index in [-0.39, 0.29) is 6.61 Å². The first-order chi connectivity index (χ1) is 7.19. The number of esters is 1. The summed E-state index contributed by atoms with van der Waals surface area (Å²) in [7, 11) is 1.49. The zero-order valence-corrected chi connectivity index (χ0v) is 9.08. The second-order valence-corrected chi connectivity index (χ2v) is 3.14. The number of methoxy groups -OCH3 is 1. The highest BCUT2D eigenvalue weighted by molar-refractivity contribution is 6.32. The van der Waals surface area contributed by atoms with Crippen molar-refractivity contribution >= 4 is 17.6 Å². The van der Waals surface area contributed by atoms with Gasteiger partial charge in [0.05, 0.1) is 17.7 Å². The van der Waals surface area contributed by atoms with E-state index in [9.17, 15) is 4.79 Å². The van der Waals surface area contributed by atoms with E-state index in [1.807, 2.05) is 0 Å². The molecule has 0 heterocycles. The Labute approximate surface area is 93.3 Å². The number of hydrogen-bond donors (Lipinski definition) is 0. The summed E-state index contributed by atoms with van der Waals surface area (Å²) in [6, 6.07) is 4.70. The molecule has 1 aromatic carbocycles. The van der Waals surface area contributed by atoms with Crippen molar-refractivity contribution < 1.29 is 14.3 Å². The van der Waals surface area contributed by atoms with Crippen molar-refractivity contribution in [3.8, 4) is 5.75 Å². The molecule has 0 saturated carbocycles. The van der Waals surface area contributed by atoms with Crippen LogP contribution in [0.3, 0.4) is 0 Å². The van der Waals surface area contributed by atoms with E-state index in [4.69, 9.17) is 21.1 Å². The first kappa shape index (κ1) is 11.6. The van der Waals surface area contributed by atoms with E-state index in [0.717, 1.165) is 0 Å². The number of carbonyl (C=O) groups is 1. The molecule has 0 bridgehead atoms. The van der Waals surface area contributed by atoms with Gasteiger partial charge in [-0.15, -0.1) is 0 Å². The van der Waals surface area contributed by atoms with Gasteiger partial charge in [-0.05, 0) is 18.2 Å². The molecule has 0 atom stereocenters. The Morgan fingerprint density at radius 1 is 1.60 bits per heavy atom. The minimum absolute atomic E-state index is 0.184. The first-order valence-corrected chi connectivity index (χ1v) is 4.68. The Morgan fingerprint density at radius 2 is 2.33 bits per heavy atom. The zero-order valence-electron chi connectivity index (χ0n) is 8.33. The van der Waals surface area contributed by atoms with Crippen molar-refractivity contribution in [3.63, 3.8) is 0 Å². The topological polar surface area (TPSA) is 35.5 Å². The van der Waals surface area contributed by atoms with Crippen LogP contribution in [0.5, 0.6) is 5.75 Å². The molecule has 1 rings (SSSR count). The van der Waals surface area contributed by atoms with Crippen molar-refractivity contribution in [1.29, 1.82) is 0 Å². The van der Waals surface area contributed by atoms with Gasteiger partial charge in [0, 0.05) is 0 Å². The number of ether oxygens (including phenoxy) is 2. The summed E-state index contributed by atoms with van der Waals surface area (Å²) in [5, 5.41) is 0.456. The third kappa shape index (κ3) is 2.99. The molecule has 0 spiro atoms. The lowest BCUT2D eigenvalue weighted by molar-refractivity contribution is 0.0549. The molecule has 80 valence electrons. The minimum Gasteiger partial charge on any atom is -0.495 e. The Morgan fingerprint density at radius 3 is 2.93 bits per heavy atom. The van der Waals surface area contributed by atoms with Crippen LogP contribution >= 0.6 is 11.6 Å². The molecule has 0 saturated heterocycles. The van der Waals surface area contributed by atoms with Gasteiger partial charge in [-0.2, -0.15) is 0 Å². The fraction of sp³-hybridized carbons (Fsp3) is 0.182. The van der Waals surface area contributed by atoms with Crippen LogP contribution in [0.15, 0.2) is 30.9 Å². The Bertz CT molecular complexity index is 374. The second kappa shape index (κ2) is 5.41. The van der Waals surface area contributed by atoms with Crippen molar-refractivity contribution in [1.82, 2.24) is 0 Å².